The Hall–Kier alpha value is -2.05. The average Bonchev–Trinajstić information content (AvgIpc) is 3.00. The zero-order valence-electron chi connectivity index (χ0n) is 14.4. The highest BCUT2D eigenvalue weighted by atomic mass is 32.2. The molecule has 24 heavy (non-hydrogen) atoms. The monoisotopic (exact) mass is 341 g/mol. The average molecular weight is 341 g/mol. The molecule has 0 aliphatic rings. The van der Waals surface area contributed by atoms with E-state index < -0.39 is 0 Å². The number of aryl methyl sites for hydroxylation is 1. The van der Waals surface area contributed by atoms with Crippen LogP contribution >= 0.6 is 11.9 Å². The van der Waals surface area contributed by atoms with Crippen LogP contribution in [0.4, 0.5) is 5.95 Å². The molecule has 2 heterocycles. The van der Waals surface area contributed by atoms with Crippen molar-refractivity contribution in [3.63, 3.8) is 0 Å². The molecule has 0 saturated carbocycles. The predicted molar refractivity (Wildman–Crippen MR) is 100 cm³/mol. The van der Waals surface area contributed by atoms with Crippen molar-refractivity contribution in [3.8, 4) is 0 Å². The number of nitrogens with zero attached hydrogens (tertiary/aromatic N) is 4. The van der Waals surface area contributed by atoms with Crippen LogP contribution in [0.3, 0.4) is 0 Å². The van der Waals surface area contributed by atoms with Crippen molar-refractivity contribution >= 4 is 23.5 Å². The third-order valence-electron chi connectivity index (χ3n) is 3.85. The van der Waals surface area contributed by atoms with Gasteiger partial charge in [0.1, 0.15) is 0 Å². The number of anilines is 1. The minimum absolute atomic E-state index is 0.732. The van der Waals surface area contributed by atoms with Crippen LogP contribution in [0.2, 0.25) is 0 Å². The second kappa shape index (κ2) is 7.68. The van der Waals surface area contributed by atoms with Crippen molar-refractivity contribution in [2.45, 2.75) is 32.2 Å². The normalized spacial score (nSPS) is 11.3. The van der Waals surface area contributed by atoms with Crippen LogP contribution in [-0.2, 0) is 6.54 Å². The second-order valence-electron chi connectivity index (χ2n) is 5.66. The van der Waals surface area contributed by atoms with Crippen LogP contribution in [-0.4, -0.2) is 32.0 Å². The second-order valence-corrected chi connectivity index (χ2v) is 6.84. The van der Waals surface area contributed by atoms with E-state index in [0.717, 1.165) is 31.2 Å². The fourth-order valence-corrected chi connectivity index (χ4v) is 3.39. The highest BCUT2D eigenvalue weighted by Gasteiger charge is 2.08. The van der Waals surface area contributed by atoms with E-state index in [1.807, 2.05) is 10.5 Å². The number of hydrogen-bond donors (Lipinski definition) is 1. The summed E-state index contributed by atoms with van der Waals surface area (Å²) in [5.41, 5.74) is 3.35. The summed E-state index contributed by atoms with van der Waals surface area (Å²) in [5, 5.41) is 11.9. The van der Waals surface area contributed by atoms with E-state index >= 15 is 0 Å². The molecule has 0 aliphatic carbocycles. The van der Waals surface area contributed by atoms with Crippen molar-refractivity contribution in [3.05, 3.63) is 53.7 Å². The van der Waals surface area contributed by atoms with Gasteiger partial charge in [0.15, 0.2) is 5.65 Å². The lowest BCUT2D eigenvalue weighted by molar-refractivity contribution is 0.525. The molecule has 6 heteroatoms. The van der Waals surface area contributed by atoms with Crippen LogP contribution in [0, 0.1) is 6.92 Å². The lowest BCUT2D eigenvalue weighted by Crippen LogP contribution is -2.13. The lowest BCUT2D eigenvalue weighted by Gasteiger charge is -2.16. The van der Waals surface area contributed by atoms with Crippen LogP contribution < -0.4 is 5.32 Å². The number of hydrogen-bond acceptors (Lipinski definition) is 5. The highest BCUT2D eigenvalue weighted by molar-refractivity contribution is 7.97. The zero-order chi connectivity index (χ0) is 16.9. The lowest BCUT2D eigenvalue weighted by atomic mass is 10.1. The van der Waals surface area contributed by atoms with Gasteiger partial charge in [0.25, 0.3) is 0 Å². The Labute approximate surface area is 147 Å². The Bertz CT molecular complexity index is 810. The highest BCUT2D eigenvalue weighted by Crippen LogP contribution is 2.23. The molecule has 126 valence electrons. The molecule has 0 unspecified atom stereocenters. The Morgan fingerprint density at radius 3 is 2.71 bits per heavy atom. The molecule has 2 aromatic heterocycles. The first-order chi connectivity index (χ1) is 11.7. The third-order valence-corrected chi connectivity index (χ3v) is 5.08. The van der Waals surface area contributed by atoms with Crippen molar-refractivity contribution in [1.29, 1.82) is 0 Å². The van der Waals surface area contributed by atoms with E-state index in [1.165, 1.54) is 16.0 Å². The molecule has 0 saturated heterocycles. The number of benzene rings is 1. The fourth-order valence-electron chi connectivity index (χ4n) is 2.55. The number of nitrogens with one attached hydrogen (secondary N) is 1. The van der Waals surface area contributed by atoms with Gasteiger partial charge in [-0.1, -0.05) is 43.7 Å². The van der Waals surface area contributed by atoms with Gasteiger partial charge in [-0.2, -0.15) is 0 Å². The summed E-state index contributed by atoms with van der Waals surface area (Å²) in [6, 6.07) is 12.6. The maximum absolute atomic E-state index is 4.27. The molecule has 0 fully saturated rings. The standard InChI is InChI=1S/C18H23N5S/c1-4-22(5-2)24-16-9-10-17-20-21-18(23(17)13-16)19-12-15-8-6-7-14(3)11-15/h6-11,13H,4-5,12H2,1-3H3,(H,19,21). The first-order valence-corrected chi connectivity index (χ1v) is 9.04. The van der Waals surface area contributed by atoms with Gasteiger partial charge in [-0.15, -0.1) is 10.2 Å². The smallest absolute Gasteiger partial charge is 0.229 e. The van der Waals surface area contributed by atoms with E-state index in [9.17, 15) is 0 Å². The molecule has 0 atom stereocenters. The van der Waals surface area contributed by atoms with Gasteiger partial charge in [0.05, 0.1) is 0 Å². The predicted octanol–water partition coefficient (Wildman–Crippen LogP) is 4.00. The molecule has 0 radical (unpaired) electrons. The molecular formula is C18H23N5S. The Kier molecular flexibility index (Phi) is 5.37. The summed E-state index contributed by atoms with van der Waals surface area (Å²) in [6.07, 6.45) is 2.09. The Morgan fingerprint density at radius 1 is 1.12 bits per heavy atom. The first-order valence-electron chi connectivity index (χ1n) is 8.26. The minimum atomic E-state index is 0.732. The van der Waals surface area contributed by atoms with Crippen molar-refractivity contribution < 1.29 is 0 Å². The van der Waals surface area contributed by atoms with Crippen LogP contribution in [0.15, 0.2) is 47.5 Å². The molecule has 1 N–H and O–H groups in total. The van der Waals surface area contributed by atoms with Crippen LogP contribution in [0.1, 0.15) is 25.0 Å². The van der Waals surface area contributed by atoms with E-state index in [1.54, 1.807) is 11.9 Å². The Balaban J connectivity index is 1.78. The van der Waals surface area contributed by atoms with Gasteiger partial charge in [-0.05, 0) is 36.6 Å². The maximum Gasteiger partial charge on any atom is 0.229 e. The third kappa shape index (κ3) is 3.88. The quantitative estimate of drug-likeness (QED) is 0.658. The van der Waals surface area contributed by atoms with Crippen LogP contribution in [0.25, 0.3) is 5.65 Å². The van der Waals surface area contributed by atoms with Gasteiger partial charge < -0.3 is 5.32 Å². The first kappa shape index (κ1) is 16.8. The Morgan fingerprint density at radius 2 is 1.96 bits per heavy atom. The maximum atomic E-state index is 4.27. The van der Waals surface area contributed by atoms with Gasteiger partial charge in [-0.3, -0.25) is 4.40 Å². The van der Waals surface area contributed by atoms with Gasteiger partial charge in [0.2, 0.25) is 5.95 Å². The molecule has 3 rings (SSSR count). The summed E-state index contributed by atoms with van der Waals surface area (Å²) in [4.78, 5) is 1.18. The van der Waals surface area contributed by atoms with E-state index in [2.05, 4.69) is 77.1 Å². The minimum Gasteiger partial charge on any atom is -0.350 e. The topological polar surface area (TPSA) is 45.5 Å². The largest absolute Gasteiger partial charge is 0.350 e. The summed E-state index contributed by atoms with van der Waals surface area (Å²) in [7, 11) is 0. The SMILES string of the molecule is CCN(CC)Sc1ccc2nnc(NCc3cccc(C)c3)n2c1. The molecule has 0 amide bonds. The zero-order valence-corrected chi connectivity index (χ0v) is 15.2. The summed E-state index contributed by atoms with van der Waals surface area (Å²) in [6.45, 7) is 9.20. The number of rotatable bonds is 7. The summed E-state index contributed by atoms with van der Waals surface area (Å²) < 4.78 is 4.33. The summed E-state index contributed by atoms with van der Waals surface area (Å²) in [5.74, 6) is 0.772. The van der Waals surface area contributed by atoms with E-state index in [4.69, 9.17) is 0 Å². The van der Waals surface area contributed by atoms with E-state index in [-0.39, 0.29) is 0 Å². The fraction of sp³-hybridized carbons (Fsp3) is 0.333. The number of fused-ring (bicyclic) bond motifs is 1. The molecule has 5 nitrogen and oxygen atoms in total. The van der Waals surface area contributed by atoms with Gasteiger partial charge >= 0.3 is 0 Å². The molecule has 0 aliphatic heterocycles. The van der Waals surface area contributed by atoms with Crippen molar-refractivity contribution in [2.75, 3.05) is 18.4 Å². The van der Waals surface area contributed by atoms with Crippen molar-refractivity contribution in [1.82, 2.24) is 18.9 Å². The number of aromatic nitrogens is 3. The molecule has 3 aromatic rings. The summed E-state index contributed by atoms with van der Waals surface area (Å²) >= 11 is 1.76. The van der Waals surface area contributed by atoms with Gasteiger partial charge in [-0.25, -0.2) is 4.31 Å². The van der Waals surface area contributed by atoms with Gasteiger partial charge in [0, 0.05) is 30.7 Å². The molecular weight excluding hydrogens is 318 g/mol. The molecule has 0 spiro atoms. The molecule has 0 bridgehead atoms. The number of pyridine rings is 1. The van der Waals surface area contributed by atoms with E-state index in [0.29, 0.717) is 0 Å². The van der Waals surface area contributed by atoms with Crippen molar-refractivity contribution in [2.24, 2.45) is 0 Å². The molecule has 1 aromatic carbocycles. The van der Waals surface area contributed by atoms with Crippen LogP contribution in [0.5, 0.6) is 0 Å².